The first-order valence-corrected chi connectivity index (χ1v) is 9.49. The van der Waals surface area contributed by atoms with Gasteiger partial charge >= 0.3 is 6.18 Å². The maximum absolute atomic E-state index is 13.6. The first-order chi connectivity index (χ1) is 13.7. The fourth-order valence-electron chi connectivity index (χ4n) is 3.36. The molecule has 9 heteroatoms. The van der Waals surface area contributed by atoms with Gasteiger partial charge in [-0.1, -0.05) is 44.2 Å². The topological polar surface area (TPSA) is 70.4 Å². The molecule has 0 saturated carbocycles. The summed E-state index contributed by atoms with van der Waals surface area (Å²) in [6, 6.07) is 8.44. The molecule has 0 aliphatic rings. The number of aliphatic hydroxyl groups is 1. The van der Waals surface area contributed by atoms with Crippen molar-refractivity contribution in [3.8, 4) is 0 Å². The number of hydrogen-bond acceptors (Lipinski definition) is 4. The number of rotatable bonds is 9. The molecule has 2 rings (SSSR count). The molecule has 0 radical (unpaired) electrons. The number of imidazole rings is 1. The maximum atomic E-state index is 13.6. The maximum Gasteiger partial charge on any atom is 0.424 e. The van der Waals surface area contributed by atoms with Gasteiger partial charge in [-0.3, -0.25) is 9.69 Å². The van der Waals surface area contributed by atoms with Crippen LogP contribution in [0.3, 0.4) is 0 Å². The molecular weight excluding hydrogens is 385 g/mol. The van der Waals surface area contributed by atoms with Crippen molar-refractivity contribution in [1.29, 1.82) is 0 Å². The summed E-state index contributed by atoms with van der Waals surface area (Å²) in [7, 11) is 1.38. The molecule has 1 amide bonds. The van der Waals surface area contributed by atoms with Crippen LogP contribution in [0, 0.1) is 0 Å². The van der Waals surface area contributed by atoms with E-state index in [9.17, 15) is 23.1 Å². The molecule has 6 nitrogen and oxygen atoms in total. The summed E-state index contributed by atoms with van der Waals surface area (Å²) >= 11 is 0. The Balaban J connectivity index is 2.17. The zero-order valence-corrected chi connectivity index (χ0v) is 16.8. The second-order valence-corrected chi connectivity index (χ2v) is 6.80. The van der Waals surface area contributed by atoms with E-state index in [2.05, 4.69) is 10.3 Å². The fourth-order valence-corrected chi connectivity index (χ4v) is 3.36. The van der Waals surface area contributed by atoms with E-state index in [-0.39, 0.29) is 6.54 Å². The lowest BCUT2D eigenvalue weighted by Crippen LogP contribution is -2.48. The number of nitrogens with zero attached hydrogens (tertiary/aromatic N) is 3. The van der Waals surface area contributed by atoms with E-state index in [0.717, 1.165) is 10.1 Å². The van der Waals surface area contributed by atoms with Crippen molar-refractivity contribution in [2.24, 2.45) is 7.05 Å². The number of amides is 1. The predicted octanol–water partition coefficient (Wildman–Crippen LogP) is 2.76. The van der Waals surface area contributed by atoms with Crippen LogP contribution >= 0.6 is 0 Å². The summed E-state index contributed by atoms with van der Waals surface area (Å²) in [5.74, 6) is -0.924. The average molecular weight is 412 g/mol. The Kier molecular flexibility index (Phi) is 7.43. The molecule has 0 spiro atoms. The highest BCUT2D eigenvalue weighted by atomic mass is 19.4. The van der Waals surface area contributed by atoms with Gasteiger partial charge in [-0.25, -0.2) is 4.98 Å². The molecule has 0 aliphatic heterocycles. The normalized spacial score (nSPS) is 15.2. The van der Waals surface area contributed by atoms with E-state index in [0.29, 0.717) is 13.1 Å². The Morgan fingerprint density at radius 2 is 1.86 bits per heavy atom. The zero-order chi connectivity index (χ0) is 21.7. The van der Waals surface area contributed by atoms with Gasteiger partial charge in [-0.2, -0.15) is 13.2 Å². The van der Waals surface area contributed by atoms with Gasteiger partial charge < -0.3 is 15.0 Å². The quantitative estimate of drug-likeness (QED) is 0.665. The van der Waals surface area contributed by atoms with Gasteiger partial charge in [0.05, 0.1) is 0 Å². The number of benzene rings is 1. The number of likely N-dealkylation sites (N-methyl/N-ethyl adjacent to an activating group) is 1. The lowest BCUT2D eigenvalue weighted by molar-refractivity contribution is -0.272. The van der Waals surface area contributed by atoms with Crippen LogP contribution in [0.5, 0.6) is 0 Å². The van der Waals surface area contributed by atoms with Crippen LogP contribution in [0.1, 0.15) is 37.7 Å². The molecule has 1 heterocycles. The molecule has 1 aromatic heterocycles. The van der Waals surface area contributed by atoms with Crippen LogP contribution in [-0.4, -0.2) is 51.3 Å². The van der Waals surface area contributed by atoms with Crippen molar-refractivity contribution in [3.05, 3.63) is 54.1 Å². The first-order valence-electron chi connectivity index (χ1n) is 9.49. The number of aryl methyl sites for hydroxylation is 1. The van der Waals surface area contributed by atoms with Crippen LogP contribution < -0.4 is 5.32 Å². The van der Waals surface area contributed by atoms with E-state index in [1.54, 1.807) is 0 Å². The van der Waals surface area contributed by atoms with Crippen molar-refractivity contribution in [3.63, 3.8) is 0 Å². The molecule has 2 unspecified atom stereocenters. The van der Waals surface area contributed by atoms with Crippen molar-refractivity contribution < 1.29 is 23.1 Å². The molecule has 1 aromatic carbocycles. The summed E-state index contributed by atoms with van der Waals surface area (Å²) in [6.07, 6.45) is -3.16. The number of nitrogens with one attached hydrogen (secondary N) is 1. The minimum Gasteiger partial charge on any atom is -0.374 e. The van der Waals surface area contributed by atoms with Gasteiger partial charge in [-0.05, 0) is 18.7 Å². The summed E-state index contributed by atoms with van der Waals surface area (Å²) in [4.78, 5) is 18.4. The largest absolute Gasteiger partial charge is 0.424 e. The monoisotopic (exact) mass is 412 g/mol. The Morgan fingerprint density at radius 1 is 1.24 bits per heavy atom. The van der Waals surface area contributed by atoms with Crippen LogP contribution in [0.25, 0.3) is 0 Å². The van der Waals surface area contributed by atoms with Crippen molar-refractivity contribution in [2.75, 3.05) is 19.6 Å². The molecule has 0 bridgehead atoms. The van der Waals surface area contributed by atoms with E-state index in [1.807, 2.05) is 49.1 Å². The Hall–Kier alpha value is -2.39. The highest BCUT2D eigenvalue weighted by molar-refractivity contribution is 5.83. The molecular formula is C20H27F3N4O2. The summed E-state index contributed by atoms with van der Waals surface area (Å²) in [5.41, 5.74) is -2.40. The Morgan fingerprint density at radius 3 is 2.34 bits per heavy atom. The molecule has 2 aromatic rings. The molecule has 0 fully saturated rings. The van der Waals surface area contributed by atoms with Gasteiger partial charge in [0.15, 0.2) is 0 Å². The van der Waals surface area contributed by atoms with Crippen molar-refractivity contribution in [1.82, 2.24) is 19.8 Å². The third-order valence-corrected chi connectivity index (χ3v) is 4.99. The number of halogens is 3. The zero-order valence-electron chi connectivity index (χ0n) is 16.8. The highest BCUT2D eigenvalue weighted by Crippen LogP contribution is 2.40. The van der Waals surface area contributed by atoms with Gasteiger partial charge in [-0.15, -0.1) is 0 Å². The number of hydrogen-bond donors (Lipinski definition) is 2. The summed E-state index contributed by atoms with van der Waals surface area (Å²) < 4.78 is 41.9. The van der Waals surface area contributed by atoms with Crippen molar-refractivity contribution >= 4 is 5.91 Å². The summed E-state index contributed by atoms with van der Waals surface area (Å²) in [6.45, 7) is 4.67. The first kappa shape index (κ1) is 22.9. The van der Waals surface area contributed by atoms with Crippen LogP contribution in [-0.2, 0) is 17.4 Å². The smallest absolute Gasteiger partial charge is 0.374 e. The molecule has 160 valence electrons. The van der Waals surface area contributed by atoms with Gasteiger partial charge in [0.2, 0.25) is 11.5 Å². The standard InChI is InChI=1S/C20H27F3N4O2/c1-4-27(5-2)16(15-9-7-6-8-10-15)17(28)24-12-11-19(29,20(21,22)23)18-25-13-14-26(18)3/h6-10,13-14,16,29H,4-5,11-12H2,1-3H3,(H,24,28). The second kappa shape index (κ2) is 9.41. The van der Waals surface area contributed by atoms with Gasteiger partial charge in [0, 0.05) is 32.4 Å². The van der Waals surface area contributed by atoms with Crippen LogP contribution in [0.2, 0.25) is 0 Å². The van der Waals surface area contributed by atoms with E-state index in [4.69, 9.17) is 0 Å². The fraction of sp³-hybridized carbons (Fsp3) is 0.500. The molecule has 0 saturated heterocycles. The second-order valence-electron chi connectivity index (χ2n) is 6.80. The van der Waals surface area contributed by atoms with E-state index < -0.39 is 36.0 Å². The SMILES string of the molecule is CCN(CC)C(C(=O)NCCC(O)(c1nccn1C)C(F)(F)F)c1ccccc1. The number of alkyl halides is 3. The third-order valence-electron chi connectivity index (χ3n) is 4.99. The summed E-state index contributed by atoms with van der Waals surface area (Å²) in [5, 5.41) is 13.0. The minimum absolute atomic E-state index is 0.355. The minimum atomic E-state index is -4.94. The molecule has 0 aliphatic carbocycles. The number of aromatic nitrogens is 2. The lowest BCUT2D eigenvalue weighted by Gasteiger charge is -2.31. The van der Waals surface area contributed by atoms with Gasteiger partial charge in [0.1, 0.15) is 11.9 Å². The van der Waals surface area contributed by atoms with Crippen LogP contribution in [0.4, 0.5) is 13.2 Å². The molecule has 2 N–H and O–H groups in total. The molecule has 2 atom stereocenters. The lowest BCUT2D eigenvalue weighted by atomic mass is 9.97. The third kappa shape index (κ3) is 4.97. The Bertz CT molecular complexity index is 791. The van der Waals surface area contributed by atoms with E-state index in [1.165, 1.54) is 19.4 Å². The Labute approximate surface area is 168 Å². The number of carbonyl (C=O) groups is 1. The average Bonchev–Trinajstić information content (AvgIpc) is 3.11. The van der Waals surface area contributed by atoms with Gasteiger partial charge in [0.25, 0.3) is 0 Å². The highest BCUT2D eigenvalue weighted by Gasteiger charge is 2.57. The number of carbonyl (C=O) groups excluding carboxylic acids is 1. The van der Waals surface area contributed by atoms with Crippen LogP contribution in [0.15, 0.2) is 42.7 Å². The van der Waals surface area contributed by atoms with Crippen molar-refractivity contribution in [2.45, 2.75) is 38.1 Å². The van der Waals surface area contributed by atoms with E-state index >= 15 is 0 Å². The molecule has 29 heavy (non-hydrogen) atoms. The predicted molar refractivity (Wildman–Crippen MR) is 103 cm³/mol.